The minimum atomic E-state index is -0.312. The zero-order valence-corrected chi connectivity index (χ0v) is 28.3. The Kier molecular flexibility index (Phi) is 6.18. The van der Waals surface area contributed by atoms with E-state index in [0.29, 0.717) is 0 Å². The lowest BCUT2D eigenvalue weighted by molar-refractivity contribution is 0.261. The van der Waals surface area contributed by atoms with Crippen LogP contribution in [0.3, 0.4) is 0 Å². The van der Waals surface area contributed by atoms with Crippen molar-refractivity contribution in [2.24, 2.45) is 0 Å². The normalized spacial score (nSPS) is 14.0. The van der Waals surface area contributed by atoms with Crippen LogP contribution in [0.4, 0.5) is 5.69 Å². The van der Waals surface area contributed by atoms with Crippen LogP contribution in [0.25, 0.3) is 80.7 Å². The number of hydrogen-bond acceptors (Lipinski definition) is 3. The Bertz CT molecular complexity index is 2960. The fourth-order valence-electron chi connectivity index (χ4n) is 8.14. The van der Waals surface area contributed by atoms with Gasteiger partial charge in [0.15, 0.2) is 12.0 Å². The number of nitrogens with zero attached hydrogens (tertiary/aromatic N) is 1. The lowest BCUT2D eigenvalue weighted by Crippen LogP contribution is -2.10. The van der Waals surface area contributed by atoms with Gasteiger partial charge in [0.25, 0.3) is 0 Å². The molecule has 0 bridgehead atoms. The van der Waals surface area contributed by atoms with Crippen molar-refractivity contribution >= 4 is 69.8 Å². The zero-order chi connectivity index (χ0) is 33.5. The molecule has 1 unspecified atom stereocenters. The van der Waals surface area contributed by atoms with E-state index in [1.807, 2.05) is 11.3 Å². The third-order valence-electron chi connectivity index (χ3n) is 10.4. The van der Waals surface area contributed by atoms with Crippen LogP contribution in [0.15, 0.2) is 170 Å². The van der Waals surface area contributed by atoms with Crippen molar-refractivity contribution in [3.8, 4) is 33.7 Å². The van der Waals surface area contributed by atoms with Crippen LogP contribution in [0.2, 0.25) is 0 Å². The Labute approximate surface area is 298 Å². The van der Waals surface area contributed by atoms with Gasteiger partial charge in [-0.05, 0) is 58.5 Å². The Balaban J connectivity index is 1.05. The molecule has 10 aromatic rings. The van der Waals surface area contributed by atoms with E-state index in [1.165, 1.54) is 63.9 Å². The van der Waals surface area contributed by atoms with E-state index in [2.05, 4.69) is 180 Å². The van der Waals surface area contributed by atoms with Crippen LogP contribution in [0.1, 0.15) is 11.8 Å². The highest BCUT2D eigenvalue weighted by Crippen LogP contribution is 2.53. The van der Waals surface area contributed by atoms with Gasteiger partial charge in [-0.2, -0.15) is 0 Å². The first-order valence-electron chi connectivity index (χ1n) is 17.4. The molecule has 1 aliphatic rings. The molecule has 1 atom stereocenters. The SMILES string of the molecule is c1ccc(-c2cc3sc4ccccc4c3c3c2OC(c2ccc(-n4c5ccccc5c5cc(-c6ccccc6)c6ccccc6c54)cc2)N3)cc1. The van der Waals surface area contributed by atoms with E-state index in [0.717, 1.165) is 33.8 Å². The maximum Gasteiger partial charge on any atom is 0.196 e. The Morgan fingerprint density at radius 2 is 1.14 bits per heavy atom. The van der Waals surface area contributed by atoms with E-state index in [-0.39, 0.29) is 6.23 Å². The van der Waals surface area contributed by atoms with Crippen molar-refractivity contribution in [2.75, 3.05) is 5.32 Å². The highest BCUT2D eigenvalue weighted by molar-refractivity contribution is 7.26. The molecular formula is C47H30N2OS. The lowest BCUT2D eigenvalue weighted by atomic mass is 9.95. The highest BCUT2D eigenvalue weighted by Gasteiger charge is 2.30. The Morgan fingerprint density at radius 3 is 1.90 bits per heavy atom. The molecule has 3 heterocycles. The van der Waals surface area contributed by atoms with Gasteiger partial charge in [-0.25, -0.2) is 0 Å². The zero-order valence-electron chi connectivity index (χ0n) is 27.5. The summed E-state index contributed by atoms with van der Waals surface area (Å²) in [5, 5.41) is 11.3. The van der Waals surface area contributed by atoms with Crippen molar-refractivity contribution in [1.29, 1.82) is 0 Å². The first kappa shape index (κ1) is 28.5. The van der Waals surface area contributed by atoms with Crippen molar-refractivity contribution in [2.45, 2.75) is 6.23 Å². The van der Waals surface area contributed by atoms with E-state index in [9.17, 15) is 0 Å². The average molecular weight is 671 g/mol. The second kappa shape index (κ2) is 11.1. The number of fused-ring (bicyclic) bond motifs is 10. The Hall–Kier alpha value is -6.36. The number of para-hydroxylation sites is 1. The highest BCUT2D eigenvalue weighted by atomic mass is 32.1. The first-order valence-corrected chi connectivity index (χ1v) is 18.2. The van der Waals surface area contributed by atoms with Gasteiger partial charge in [0, 0.05) is 53.1 Å². The number of benzene rings is 8. The molecule has 1 aliphatic heterocycles. The number of anilines is 1. The fraction of sp³-hybridized carbons (Fsp3) is 0.0213. The third kappa shape index (κ3) is 4.30. The average Bonchev–Trinajstić information content (AvgIpc) is 3.90. The van der Waals surface area contributed by atoms with Gasteiger partial charge in [0.1, 0.15) is 0 Å². The molecule has 0 amide bonds. The van der Waals surface area contributed by atoms with Crippen LogP contribution < -0.4 is 10.1 Å². The summed E-state index contributed by atoms with van der Waals surface area (Å²) in [5.41, 5.74) is 10.4. The quantitative estimate of drug-likeness (QED) is 0.202. The van der Waals surface area contributed by atoms with Gasteiger partial charge in [0.05, 0.1) is 16.7 Å². The van der Waals surface area contributed by atoms with Crippen molar-refractivity contribution < 1.29 is 4.74 Å². The number of ether oxygens (including phenoxy) is 1. The van der Waals surface area contributed by atoms with E-state index >= 15 is 0 Å². The summed E-state index contributed by atoms with van der Waals surface area (Å²) >= 11 is 1.84. The second-order valence-corrected chi connectivity index (χ2v) is 14.4. The minimum Gasteiger partial charge on any atom is -0.464 e. The monoisotopic (exact) mass is 670 g/mol. The van der Waals surface area contributed by atoms with E-state index in [4.69, 9.17) is 4.74 Å². The van der Waals surface area contributed by atoms with Crippen LogP contribution >= 0.6 is 11.3 Å². The summed E-state index contributed by atoms with van der Waals surface area (Å²) in [4.78, 5) is 0. The fourth-order valence-corrected chi connectivity index (χ4v) is 9.29. The van der Waals surface area contributed by atoms with Crippen LogP contribution in [-0.2, 0) is 0 Å². The number of rotatable bonds is 4. The minimum absolute atomic E-state index is 0.312. The van der Waals surface area contributed by atoms with Gasteiger partial charge in [0.2, 0.25) is 0 Å². The topological polar surface area (TPSA) is 26.2 Å². The molecule has 4 heteroatoms. The molecule has 2 aromatic heterocycles. The van der Waals surface area contributed by atoms with Crippen LogP contribution in [0, 0.1) is 0 Å². The van der Waals surface area contributed by atoms with Gasteiger partial charge in [-0.3, -0.25) is 0 Å². The molecule has 0 aliphatic carbocycles. The number of aromatic nitrogens is 1. The molecule has 0 radical (unpaired) electrons. The van der Waals surface area contributed by atoms with Gasteiger partial charge < -0.3 is 14.6 Å². The predicted molar refractivity (Wildman–Crippen MR) is 215 cm³/mol. The first-order chi connectivity index (χ1) is 25.3. The summed E-state index contributed by atoms with van der Waals surface area (Å²) in [6.45, 7) is 0. The number of thiophene rings is 1. The van der Waals surface area contributed by atoms with E-state index in [1.54, 1.807) is 0 Å². The van der Waals surface area contributed by atoms with Gasteiger partial charge in [-0.1, -0.05) is 133 Å². The second-order valence-electron chi connectivity index (χ2n) is 13.3. The van der Waals surface area contributed by atoms with Gasteiger partial charge in [-0.15, -0.1) is 11.3 Å². The van der Waals surface area contributed by atoms with Crippen molar-refractivity contribution in [3.05, 3.63) is 175 Å². The van der Waals surface area contributed by atoms with Crippen LogP contribution in [0.5, 0.6) is 5.75 Å². The van der Waals surface area contributed by atoms with Crippen LogP contribution in [-0.4, -0.2) is 4.57 Å². The molecule has 0 spiro atoms. The van der Waals surface area contributed by atoms with Gasteiger partial charge >= 0.3 is 0 Å². The van der Waals surface area contributed by atoms with E-state index < -0.39 is 0 Å². The largest absolute Gasteiger partial charge is 0.464 e. The third-order valence-corrected chi connectivity index (χ3v) is 11.5. The maximum atomic E-state index is 6.88. The standard InChI is InChI=1S/C47H30N2OS/c1-3-13-29(14-4-1)37-27-39-34-18-9-11-21-40(34)49(45(39)35-19-8-7-17-33(35)37)32-25-23-31(24-26-32)47-48-44-43-36-20-10-12-22-41(36)51-42(43)28-38(46(44)50-47)30-15-5-2-6-16-30/h1-28,47-48H. The molecule has 3 nitrogen and oxygen atoms in total. The molecule has 51 heavy (non-hydrogen) atoms. The number of nitrogens with one attached hydrogen (secondary N) is 1. The Morgan fingerprint density at radius 1 is 0.510 bits per heavy atom. The molecule has 0 saturated carbocycles. The smallest absolute Gasteiger partial charge is 0.196 e. The summed E-state index contributed by atoms with van der Waals surface area (Å²) in [6.07, 6.45) is -0.312. The predicted octanol–water partition coefficient (Wildman–Crippen LogP) is 13.1. The van der Waals surface area contributed by atoms with Crippen molar-refractivity contribution in [1.82, 2.24) is 4.57 Å². The molecular weight excluding hydrogens is 641 g/mol. The van der Waals surface area contributed by atoms with Crippen molar-refractivity contribution in [3.63, 3.8) is 0 Å². The molecule has 8 aromatic carbocycles. The molecule has 11 rings (SSSR count). The molecule has 0 fully saturated rings. The molecule has 240 valence electrons. The summed E-state index contributed by atoms with van der Waals surface area (Å²) < 4.78 is 11.8. The molecule has 0 saturated heterocycles. The lowest BCUT2D eigenvalue weighted by Gasteiger charge is -2.15. The number of hydrogen-bond donors (Lipinski definition) is 1. The molecule has 1 N–H and O–H groups in total. The maximum absolute atomic E-state index is 6.88. The summed E-state index contributed by atoms with van der Waals surface area (Å²) in [6, 6.07) is 61.1. The summed E-state index contributed by atoms with van der Waals surface area (Å²) in [5.74, 6) is 0.911. The summed E-state index contributed by atoms with van der Waals surface area (Å²) in [7, 11) is 0.